The molecule has 0 bridgehead atoms. The molecule has 47 heavy (non-hydrogen) atoms. The third-order valence-corrected chi connectivity index (χ3v) is 7.56. The number of alkyl halides is 1. The van der Waals surface area contributed by atoms with E-state index in [0.29, 0.717) is 13.2 Å². The Bertz CT molecular complexity index is 1330. The third-order valence-electron chi connectivity index (χ3n) is 7.32. The van der Waals surface area contributed by atoms with E-state index < -0.39 is 41.3 Å². The minimum absolute atomic E-state index is 0.00267. The molecular weight excluding hydrogens is 624 g/mol. The Hall–Kier alpha value is -4.16. The number of hydrogen-bond donors (Lipinski definition) is 5. The molecule has 1 heterocycles. The van der Waals surface area contributed by atoms with Crippen LogP contribution in [0.15, 0.2) is 54.6 Å². The highest BCUT2D eigenvalue weighted by atomic mass is 35.5. The number of nitrogens with one attached hydrogen (secondary N) is 5. The largest absolute Gasteiger partial charge is 0.378 e. The van der Waals surface area contributed by atoms with Gasteiger partial charge in [-0.2, -0.15) is 0 Å². The number of ether oxygens (including phenoxy) is 1. The standard InChI is InChI=1S/C34H47ClN6O6/c1-34(2,3)40-30(43)14-13-27(38-29(42)15-16-36-31(44)22-35)33(46)39-28(21-24-7-5-4-6-8-24)32(45)37-23-25-9-11-26(12-10-25)41-17-19-47-20-18-41/h4-12,27-28H,13-23H2,1-3H3,(H,36,44)(H,37,45)(H,38,42)(H,39,46)(H,40,43)/t27-,28-/m0/s1. The highest BCUT2D eigenvalue weighted by Crippen LogP contribution is 2.17. The van der Waals surface area contributed by atoms with Crippen LogP contribution < -0.4 is 31.5 Å². The molecule has 2 atom stereocenters. The highest BCUT2D eigenvalue weighted by molar-refractivity contribution is 6.27. The van der Waals surface area contributed by atoms with Crippen LogP contribution in [0.2, 0.25) is 0 Å². The van der Waals surface area contributed by atoms with Crippen LogP contribution in [0.1, 0.15) is 51.2 Å². The average molecular weight is 671 g/mol. The SMILES string of the molecule is CC(C)(C)NC(=O)CC[C@H](NC(=O)CCNC(=O)CCl)C(=O)N[C@@H](Cc1ccccc1)C(=O)NCc1ccc(N2CCOCC2)cc1. The summed E-state index contributed by atoms with van der Waals surface area (Å²) in [4.78, 5) is 66.1. The molecule has 0 saturated carbocycles. The van der Waals surface area contributed by atoms with Crippen LogP contribution in [0.3, 0.4) is 0 Å². The zero-order valence-corrected chi connectivity index (χ0v) is 28.2. The van der Waals surface area contributed by atoms with Crippen LogP contribution >= 0.6 is 11.6 Å². The van der Waals surface area contributed by atoms with Gasteiger partial charge in [-0.1, -0.05) is 42.5 Å². The Morgan fingerprint density at radius 2 is 1.47 bits per heavy atom. The summed E-state index contributed by atoms with van der Waals surface area (Å²) in [6.07, 6.45) is 0.0835. The van der Waals surface area contributed by atoms with Crippen molar-refractivity contribution in [3.63, 3.8) is 0 Å². The summed E-state index contributed by atoms with van der Waals surface area (Å²) in [5, 5.41) is 13.8. The molecule has 1 aliphatic heterocycles. The summed E-state index contributed by atoms with van der Waals surface area (Å²) in [5.74, 6) is -2.43. The van der Waals surface area contributed by atoms with E-state index in [9.17, 15) is 24.0 Å². The number of benzene rings is 2. The number of nitrogens with zero attached hydrogens (tertiary/aromatic N) is 1. The molecule has 1 fully saturated rings. The maximum Gasteiger partial charge on any atom is 0.243 e. The number of carbonyl (C=O) groups is 5. The van der Waals surface area contributed by atoms with Gasteiger partial charge in [-0.05, 0) is 50.5 Å². The quantitative estimate of drug-likeness (QED) is 0.170. The molecule has 5 amide bonds. The van der Waals surface area contributed by atoms with Crippen molar-refractivity contribution in [2.45, 2.75) is 70.6 Å². The molecule has 256 valence electrons. The fraction of sp³-hybridized carbons (Fsp3) is 0.500. The van der Waals surface area contributed by atoms with Gasteiger partial charge in [0.1, 0.15) is 18.0 Å². The van der Waals surface area contributed by atoms with E-state index in [2.05, 4.69) is 31.5 Å². The molecule has 0 spiro atoms. The summed E-state index contributed by atoms with van der Waals surface area (Å²) < 4.78 is 5.43. The van der Waals surface area contributed by atoms with Gasteiger partial charge in [0.05, 0.1) is 13.2 Å². The second-order valence-electron chi connectivity index (χ2n) is 12.4. The molecule has 1 aliphatic rings. The first-order chi connectivity index (χ1) is 22.4. The smallest absolute Gasteiger partial charge is 0.243 e. The first-order valence-corrected chi connectivity index (χ1v) is 16.4. The lowest BCUT2D eigenvalue weighted by Crippen LogP contribution is -2.54. The van der Waals surface area contributed by atoms with Gasteiger partial charge in [0.15, 0.2) is 0 Å². The van der Waals surface area contributed by atoms with E-state index in [1.54, 1.807) is 0 Å². The van der Waals surface area contributed by atoms with E-state index in [4.69, 9.17) is 16.3 Å². The van der Waals surface area contributed by atoms with E-state index in [1.165, 1.54) is 0 Å². The molecular formula is C34H47ClN6O6. The lowest BCUT2D eigenvalue weighted by atomic mass is 10.0. The number of anilines is 1. The highest BCUT2D eigenvalue weighted by Gasteiger charge is 2.28. The van der Waals surface area contributed by atoms with E-state index >= 15 is 0 Å². The number of hydrogen-bond acceptors (Lipinski definition) is 7. The molecule has 1 saturated heterocycles. The predicted molar refractivity (Wildman–Crippen MR) is 181 cm³/mol. The maximum absolute atomic E-state index is 13.6. The summed E-state index contributed by atoms with van der Waals surface area (Å²) in [7, 11) is 0. The lowest BCUT2D eigenvalue weighted by Gasteiger charge is -2.29. The Morgan fingerprint density at radius 3 is 2.11 bits per heavy atom. The first kappa shape index (κ1) is 37.3. The van der Waals surface area contributed by atoms with Gasteiger partial charge in [0.25, 0.3) is 0 Å². The number of rotatable bonds is 16. The van der Waals surface area contributed by atoms with Crippen LogP contribution in [-0.2, 0) is 41.7 Å². The van der Waals surface area contributed by atoms with Gasteiger partial charge >= 0.3 is 0 Å². The van der Waals surface area contributed by atoms with Gasteiger partial charge < -0.3 is 36.2 Å². The Kier molecular flexibility index (Phi) is 15.0. The summed E-state index contributed by atoms with van der Waals surface area (Å²) >= 11 is 5.49. The first-order valence-electron chi connectivity index (χ1n) is 15.9. The van der Waals surface area contributed by atoms with Gasteiger partial charge in [0.2, 0.25) is 29.5 Å². The van der Waals surface area contributed by atoms with Gasteiger partial charge in [0, 0.05) is 56.7 Å². The summed E-state index contributed by atoms with van der Waals surface area (Å²) in [6, 6.07) is 15.2. The lowest BCUT2D eigenvalue weighted by molar-refractivity contribution is -0.133. The molecule has 0 aromatic heterocycles. The average Bonchev–Trinajstić information content (AvgIpc) is 3.05. The maximum atomic E-state index is 13.6. The number of morpholine rings is 1. The van der Waals surface area contributed by atoms with Crippen molar-refractivity contribution >= 4 is 46.8 Å². The van der Waals surface area contributed by atoms with E-state index in [1.807, 2.05) is 75.4 Å². The van der Waals surface area contributed by atoms with Crippen molar-refractivity contribution < 1.29 is 28.7 Å². The number of halogens is 1. The molecule has 3 rings (SSSR count). The number of carbonyl (C=O) groups excluding carboxylic acids is 5. The zero-order valence-electron chi connectivity index (χ0n) is 27.4. The van der Waals surface area contributed by atoms with Gasteiger partial charge in [-0.3, -0.25) is 24.0 Å². The molecule has 5 N–H and O–H groups in total. The van der Waals surface area contributed by atoms with Gasteiger partial charge in [-0.25, -0.2) is 0 Å². The minimum Gasteiger partial charge on any atom is -0.378 e. The molecule has 0 aliphatic carbocycles. The molecule has 2 aromatic rings. The minimum atomic E-state index is -1.10. The van der Waals surface area contributed by atoms with Crippen molar-refractivity contribution in [2.24, 2.45) is 0 Å². The van der Waals surface area contributed by atoms with Crippen LogP contribution in [0.4, 0.5) is 5.69 Å². The summed E-state index contributed by atoms with van der Waals surface area (Å²) in [6.45, 7) is 8.84. The van der Waals surface area contributed by atoms with Crippen molar-refractivity contribution in [1.82, 2.24) is 26.6 Å². The molecule has 0 radical (unpaired) electrons. The zero-order chi connectivity index (χ0) is 34.2. The van der Waals surface area contributed by atoms with Crippen LogP contribution in [0.25, 0.3) is 0 Å². The van der Waals surface area contributed by atoms with Crippen molar-refractivity contribution in [3.8, 4) is 0 Å². The van der Waals surface area contributed by atoms with Gasteiger partial charge in [-0.15, -0.1) is 11.6 Å². The normalized spacial score (nSPS) is 14.3. The second kappa shape index (κ2) is 18.9. The van der Waals surface area contributed by atoms with Crippen LogP contribution in [-0.4, -0.2) is 85.9 Å². The fourth-order valence-electron chi connectivity index (χ4n) is 4.94. The van der Waals surface area contributed by atoms with Crippen LogP contribution in [0, 0.1) is 0 Å². The predicted octanol–water partition coefficient (Wildman–Crippen LogP) is 1.79. The summed E-state index contributed by atoms with van der Waals surface area (Å²) in [5.41, 5.74) is 2.35. The topological polar surface area (TPSA) is 158 Å². The molecule has 12 nitrogen and oxygen atoms in total. The monoisotopic (exact) mass is 670 g/mol. The Labute approximate surface area is 281 Å². The van der Waals surface area contributed by atoms with E-state index in [0.717, 1.165) is 29.9 Å². The number of amides is 5. The Balaban J connectivity index is 1.69. The Morgan fingerprint density at radius 1 is 0.787 bits per heavy atom. The van der Waals surface area contributed by atoms with Crippen molar-refractivity contribution in [3.05, 3.63) is 65.7 Å². The molecule has 13 heteroatoms. The molecule has 2 aromatic carbocycles. The van der Waals surface area contributed by atoms with Crippen LogP contribution in [0.5, 0.6) is 0 Å². The van der Waals surface area contributed by atoms with Crippen molar-refractivity contribution in [2.75, 3.05) is 43.6 Å². The second-order valence-corrected chi connectivity index (χ2v) is 12.7. The molecule has 0 unspecified atom stereocenters. The fourth-order valence-corrected chi connectivity index (χ4v) is 5.04. The third kappa shape index (κ3) is 14.0. The van der Waals surface area contributed by atoms with Crippen molar-refractivity contribution in [1.29, 1.82) is 0 Å². The van der Waals surface area contributed by atoms with E-state index in [-0.39, 0.29) is 50.6 Å².